The number of hydrogen-bond donors (Lipinski definition) is 0. The van der Waals surface area contributed by atoms with E-state index in [2.05, 4.69) is 10.00 Å². The Morgan fingerprint density at radius 3 is 2.88 bits per heavy atom. The van der Waals surface area contributed by atoms with Crippen LogP contribution in [0.25, 0.3) is 0 Å². The highest BCUT2D eigenvalue weighted by molar-refractivity contribution is 5.76. The highest BCUT2D eigenvalue weighted by Crippen LogP contribution is 2.21. The van der Waals surface area contributed by atoms with Gasteiger partial charge in [-0.1, -0.05) is 18.2 Å². The Morgan fingerprint density at radius 1 is 1.21 bits per heavy atom. The van der Waals surface area contributed by atoms with Gasteiger partial charge in [-0.05, 0) is 43.9 Å². The minimum absolute atomic E-state index is 0.205. The van der Waals surface area contributed by atoms with Gasteiger partial charge in [-0.3, -0.25) is 9.48 Å². The number of hydrogen-bond acceptors (Lipinski definition) is 3. The normalized spacial score (nSPS) is 17.7. The first kappa shape index (κ1) is 16.6. The van der Waals surface area contributed by atoms with Crippen molar-refractivity contribution in [3.63, 3.8) is 0 Å². The summed E-state index contributed by atoms with van der Waals surface area (Å²) in [5.74, 6) is 1.02. The predicted molar refractivity (Wildman–Crippen MR) is 92.8 cm³/mol. The minimum Gasteiger partial charge on any atom is -0.493 e. The average Bonchev–Trinajstić information content (AvgIpc) is 3.14. The Morgan fingerprint density at radius 2 is 2.08 bits per heavy atom. The molecule has 5 heteroatoms. The molecule has 2 heterocycles. The van der Waals surface area contributed by atoms with Gasteiger partial charge in [0.15, 0.2) is 0 Å². The second kappa shape index (κ2) is 8.52. The number of likely N-dealkylation sites (tertiary alicyclic amines) is 1. The molecule has 1 unspecified atom stereocenters. The Bertz CT molecular complexity index is 613. The van der Waals surface area contributed by atoms with Crippen LogP contribution in [0.5, 0.6) is 5.75 Å². The molecule has 128 valence electrons. The van der Waals surface area contributed by atoms with Crippen LogP contribution in [-0.4, -0.2) is 39.8 Å². The fourth-order valence-electron chi connectivity index (χ4n) is 3.26. The molecule has 1 atom stereocenters. The van der Waals surface area contributed by atoms with Crippen LogP contribution in [0.2, 0.25) is 0 Å². The first-order valence-electron chi connectivity index (χ1n) is 8.77. The second-order valence-corrected chi connectivity index (χ2v) is 6.21. The molecule has 1 amide bonds. The summed E-state index contributed by atoms with van der Waals surface area (Å²) in [7, 11) is 0. The Balaban J connectivity index is 1.47. The molecule has 0 spiro atoms. The molecule has 0 saturated carbocycles. The first-order chi connectivity index (χ1) is 11.8. The van der Waals surface area contributed by atoms with Gasteiger partial charge in [0, 0.05) is 31.5 Å². The van der Waals surface area contributed by atoms with Crippen LogP contribution in [0.3, 0.4) is 0 Å². The van der Waals surface area contributed by atoms with Crippen molar-refractivity contribution in [1.29, 1.82) is 0 Å². The van der Waals surface area contributed by atoms with Crippen LogP contribution in [0.1, 0.15) is 32.1 Å². The number of para-hydroxylation sites is 1. The quantitative estimate of drug-likeness (QED) is 0.785. The number of ether oxygens (including phenoxy) is 1. The van der Waals surface area contributed by atoms with E-state index in [-0.39, 0.29) is 5.91 Å². The summed E-state index contributed by atoms with van der Waals surface area (Å²) in [5.41, 5.74) is 0. The molecule has 24 heavy (non-hydrogen) atoms. The Hall–Kier alpha value is -2.30. The molecule has 2 aromatic rings. The number of aryl methyl sites for hydroxylation is 1. The molecule has 1 aliphatic heterocycles. The maximum absolute atomic E-state index is 12.6. The number of carbonyl (C=O) groups excluding carboxylic acids is 1. The van der Waals surface area contributed by atoms with Crippen molar-refractivity contribution in [1.82, 2.24) is 14.7 Å². The molecule has 0 N–H and O–H groups in total. The summed E-state index contributed by atoms with van der Waals surface area (Å²) in [4.78, 5) is 14.6. The van der Waals surface area contributed by atoms with Crippen molar-refractivity contribution >= 4 is 5.91 Å². The lowest BCUT2D eigenvalue weighted by molar-refractivity contribution is -0.135. The monoisotopic (exact) mass is 327 g/mol. The van der Waals surface area contributed by atoms with E-state index >= 15 is 0 Å². The summed E-state index contributed by atoms with van der Waals surface area (Å²) >= 11 is 0. The number of nitrogens with zero attached hydrogens (tertiary/aromatic N) is 3. The summed E-state index contributed by atoms with van der Waals surface area (Å²) < 4.78 is 7.60. The van der Waals surface area contributed by atoms with Crippen molar-refractivity contribution in [2.75, 3.05) is 13.2 Å². The van der Waals surface area contributed by atoms with Crippen molar-refractivity contribution in [3.8, 4) is 5.75 Å². The molecule has 0 aliphatic carbocycles. The van der Waals surface area contributed by atoms with E-state index in [4.69, 9.17) is 4.74 Å². The number of carbonyl (C=O) groups is 1. The SMILES string of the molecule is O=C(CCOc1ccccc1)N1CCCCC1CCn1cccn1. The van der Waals surface area contributed by atoms with Crippen molar-refractivity contribution in [2.45, 2.75) is 44.7 Å². The van der Waals surface area contributed by atoms with E-state index in [1.54, 1.807) is 6.20 Å². The van der Waals surface area contributed by atoms with Gasteiger partial charge in [-0.15, -0.1) is 0 Å². The summed E-state index contributed by atoms with van der Waals surface area (Å²) in [6.07, 6.45) is 8.57. The second-order valence-electron chi connectivity index (χ2n) is 6.21. The smallest absolute Gasteiger partial charge is 0.226 e. The number of piperidine rings is 1. The van der Waals surface area contributed by atoms with E-state index in [0.29, 0.717) is 19.1 Å². The number of amides is 1. The van der Waals surface area contributed by atoms with Gasteiger partial charge >= 0.3 is 0 Å². The number of aromatic nitrogens is 2. The highest BCUT2D eigenvalue weighted by atomic mass is 16.5. The van der Waals surface area contributed by atoms with E-state index in [0.717, 1.165) is 38.1 Å². The molecule has 1 aromatic carbocycles. The molecule has 1 fully saturated rings. The predicted octanol–water partition coefficient (Wildman–Crippen LogP) is 3.12. The zero-order valence-electron chi connectivity index (χ0n) is 14.0. The van der Waals surface area contributed by atoms with E-state index < -0.39 is 0 Å². The van der Waals surface area contributed by atoms with E-state index in [9.17, 15) is 4.79 Å². The van der Waals surface area contributed by atoms with Gasteiger partial charge in [0.25, 0.3) is 0 Å². The largest absolute Gasteiger partial charge is 0.493 e. The molecule has 5 nitrogen and oxygen atoms in total. The minimum atomic E-state index is 0.205. The zero-order valence-corrected chi connectivity index (χ0v) is 14.0. The molecule has 1 aliphatic rings. The molecular weight excluding hydrogens is 302 g/mol. The zero-order chi connectivity index (χ0) is 16.6. The van der Waals surface area contributed by atoms with Gasteiger partial charge in [0.1, 0.15) is 5.75 Å². The van der Waals surface area contributed by atoms with Crippen LogP contribution < -0.4 is 4.74 Å². The topological polar surface area (TPSA) is 47.4 Å². The fraction of sp³-hybridized carbons (Fsp3) is 0.474. The summed E-state index contributed by atoms with van der Waals surface area (Å²) in [6.45, 7) is 2.17. The first-order valence-corrected chi connectivity index (χ1v) is 8.77. The molecule has 0 radical (unpaired) electrons. The summed E-state index contributed by atoms with van der Waals surface area (Å²) in [6, 6.07) is 11.9. The highest BCUT2D eigenvalue weighted by Gasteiger charge is 2.26. The Kier molecular flexibility index (Phi) is 5.88. The fourth-order valence-corrected chi connectivity index (χ4v) is 3.26. The lowest BCUT2D eigenvalue weighted by Crippen LogP contribution is -2.44. The number of rotatable bonds is 7. The molecular formula is C19H25N3O2. The average molecular weight is 327 g/mol. The van der Waals surface area contributed by atoms with Crippen LogP contribution in [0.4, 0.5) is 0 Å². The van der Waals surface area contributed by atoms with Gasteiger partial charge in [0.05, 0.1) is 13.0 Å². The third kappa shape index (κ3) is 4.60. The standard InChI is InChI=1S/C19H25N3O2/c23-19(11-16-24-18-8-2-1-3-9-18)22-14-5-4-7-17(22)10-15-21-13-6-12-20-21/h1-3,6,8-9,12-13,17H,4-5,7,10-11,14-16H2. The van der Waals surface area contributed by atoms with E-state index in [1.807, 2.05) is 47.3 Å². The molecule has 1 aromatic heterocycles. The van der Waals surface area contributed by atoms with Crippen LogP contribution >= 0.6 is 0 Å². The number of benzene rings is 1. The lowest BCUT2D eigenvalue weighted by atomic mass is 9.99. The lowest BCUT2D eigenvalue weighted by Gasteiger charge is -2.36. The van der Waals surface area contributed by atoms with Crippen molar-refractivity contribution in [2.24, 2.45) is 0 Å². The summed E-state index contributed by atoms with van der Waals surface area (Å²) in [5, 5.41) is 4.25. The van der Waals surface area contributed by atoms with Gasteiger partial charge < -0.3 is 9.64 Å². The maximum Gasteiger partial charge on any atom is 0.226 e. The van der Waals surface area contributed by atoms with Crippen LogP contribution in [0, 0.1) is 0 Å². The Labute approximate surface area is 143 Å². The van der Waals surface area contributed by atoms with Crippen LogP contribution in [-0.2, 0) is 11.3 Å². The van der Waals surface area contributed by atoms with Crippen LogP contribution in [0.15, 0.2) is 48.8 Å². The molecule has 3 rings (SSSR count). The van der Waals surface area contributed by atoms with Crippen molar-refractivity contribution in [3.05, 3.63) is 48.8 Å². The maximum atomic E-state index is 12.6. The molecule has 0 bridgehead atoms. The van der Waals surface area contributed by atoms with Gasteiger partial charge in [-0.2, -0.15) is 5.10 Å². The third-order valence-electron chi connectivity index (χ3n) is 4.53. The molecule has 1 saturated heterocycles. The third-order valence-corrected chi connectivity index (χ3v) is 4.53. The van der Waals surface area contributed by atoms with E-state index in [1.165, 1.54) is 6.42 Å². The van der Waals surface area contributed by atoms with Crippen molar-refractivity contribution < 1.29 is 9.53 Å². The van der Waals surface area contributed by atoms with Gasteiger partial charge in [0.2, 0.25) is 5.91 Å². The van der Waals surface area contributed by atoms with Gasteiger partial charge in [-0.25, -0.2) is 0 Å².